The zero-order chi connectivity index (χ0) is 14.1. The summed E-state index contributed by atoms with van der Waals surface area (Å²) in [6, 6.07) is 8.51. The number of anilines is 1. The summed E-state index contributed by atoms with van der Waals surface area (Å²) in [5.41, 5.74) is 0.901. The third kappa shape index (κ3) is 2.58. The summed E-state index contributed by atoms with van der Waals surface area (Å²) in [6.07, 6.45) is 2.42. The molecular weight excluding hydrogens is 272 g/mol. The lowest BCUT2D eigenvalue weighted by Gasteiger charge is -2.36. The lowest BCUT2D eigenvalue weighted by atomic mass is 10.0. The second kappa shape index (κ2) is 5.54. The minimum Gasteiger partial charge on any atom is -0.355 e. The van der Waals surface area contributed by atoms with E-state index in [-0.39, 0.29) is 0 Å². The monoisotopic (exact) mass is 290 g/mol. The number of aromatic nitrogens is 2. The van der Waals surface area contributed by atoms with Gasteiger partial charge in [-0.15, -0.1) is 0 Å². The highest BCUT2D eigenvalue weighted by molar-refractivity contribution is 6.28. The first kappa shape index (κ1) is 13.6. The van der Waals surface area contributed by atoms with Crippen molar-refractivity contribution in [3.05, 3.63) is 29.5 Å². The minimum absolute atomic E-state index is 0.315. The molecule has 1 fully saturated rings. The van der Waals surface area contributed by atoms with Gasteiger partial charge in [-0.2, -0.15) is 4.98 Å². The van der Waals surface area contributed by atoms with Gasteiger partial charge in [-0.05, 0) is 50.2 Å². The number of nitrogens with zero attached hydrogens (tertiary/aromatic N) is 4. The fourth-order valence-electron chi connectivity index (χ4n) is 2.93. The molecule has 0 bridgehead atoms. The summed E-state index contributed by atoms with van der Waals surface area (Å²) >= 11 is 6.08. The van der Waals surface area contributed by atoms with E-state index in [2.05, 4.69) is 39.9 Å². The van der Waals surface area contributed by atoms with Crippen molar-refractivity contribution in [3.63, 3.8) is 0 Å². The van der Waals surface area contributed by atoms with Gasteiger partial charge < -0.3 is 9.80 Å². The SMILES string of the molecule is CN1CCCC(N(C)c2nc(Cl)nc3ccccc23)C1. The lowest BCUT2D eigenvalue weighted by molar-refractivity contribution is 0.247. The molecule has 0 spiro atoms. The van der Waals surface area contributed by atoms with E-state index in [9.17, 15) is 0 Å². The summed E-state index contributed by atoms with van der Waals surface area (Å²) in [5, 5.41) is 1.38. The number of fused-ring (bicyclic) bond motifs is 1. The molecule has 0 radical (unpaired) electrons. The Labute approximate surface area is 124 Å². The summed E-state index contributed by atoms with van der Waals surface area (Å²) in [7, 11) is 4.28. The van der Waals surface area contributed by atoms with Gasteiger partial charge >= 0.3 is 0 Å². The number of halogens is 1. The van der Waals surface area contributed by atoms with E-state index in [1.165, 1.54) is 19.4 Å². The molecule has 1 aliphatic rings. The first-order valence-corrected chi connectivity index (χ1v) is 7.36. The van der Waals surface area contributed by atoms with Crippen LogP contribution in [0.15, 0.2) is 24.3 Å². The van der Waals surface area contributed by atoms with Gasteiger partial charge in [0, 0.05) is 25.0 Å². The molecule has 1 atom stereocenters. The third-order valence-corrected chi connectivity index (χ3v) is 4.21. The summed E-state index contributed by atoms with van der Waals surface area (Å²) in [4.78, 5) is 13.4. The Bertz CT molecular complexity index is 616. The first-order chi connectivity index (χ1) is 9.65. The standard InChI is InChI=1S/C15H19ClN4/c1-19-9-5-6-11(10-19)20(2)14-12-7-3-4-8-13(12)17-15(16)18-14/h3-4,7-8,11H,5-6,9-10H2,1-2H3. The second-order valence-corrected chi connectivity index (χ2v) is 5.84. The van der Waals surface area contributed by atoms with Crippen LogP contribution in [0.5, 0.6) is 0 Å². The van der Waals surface area contributed by atoms with Crippen molar-refractivity contribution in [1.29, 1.82) is 0 Å². The molecule has 106 valence electrons. The molecule has 0 aliphatic carbocycles. The predicted octanol–water partition coefficient (Wildman–Crippen LogP) is 2.81. The van der Waals surface area contributed by atoms with Crippen molar-refractivity contribution >= 4 is 28.3 Å². The fourth-order valence-corrected chi connectivity index (χ4v) is 3.10. The lowest BCUT2D eigenvalue weighted by Crippen LogP contribution is -2.45. The average molecular weight is 291 g/mol. The van der Waals surface area contributed by atoms with E-state index in [0.29, 0.717) is 11.3 Å². The average Bonchev–Trinajstić information content (AvgIpc) is 2.45. The molecule has 5 heteroatoms. The number of piperidine rings is 1. The van der Waals surface area contributed by atoms with E-state index < -0.39 is 0 Å². The first-order valence-electron chi connectivity index (χ1n) is 6.99. The van der Waals surface area contributed by atoms with Gasteiger partial charge in [0.1, 0.15) is 5.82 Å². The van der Waals surface area contributed by atoms with Gasteiger partial charge in [-0.3, -0.25) is 0 Å². The summed E-state index contributed by atoms with van der Waals surface area (Å²) in [5.74, 6) is 0.931. The Morgan fingerprint density at radius 2 is 2.10 bits per heavy atom. The maximum Gasteiger partial charge on any atom is 0.224 e. The molecule has 0 saturated carbocycles. The number of para-hydroxylation sites is 1. The molecule has 1 unspecified atom stereocenters. The molecule has 4 nitrogen and oxygen atoms in total. The van der Waals surface area contributed by atoms with Crippen LogP contribution < -0.4 is 4.90 Å². The van der Waals surface area contributed by atoms with E-state index in [1.54, 1.807) is 0 Å². The smallest absolute Gasteiger partial charge is 0.224 e. The molecule has 1 aliphatic heterocycles. The third-order valence-electron chi connectivity index (χ3n) is 4.04. The van der Waals surface area contributed by atoms with Gasteiger partial charge in [-0.1, -0.05) is 12.1 Å². The second-order valence-electron chi connectivity index (χ2n) is 5.50. The number of hydrogen-bond acceptors (Lipinski definition) is 4. The molecule has 1 aromatic heterocycles. The highest BCUT2D eigenvalue weighted by atomic mass is 35.5. The number of likely N-dealkylation sites (N-methyl/N-ethyl adjacent to an activating group) is 2. The van der Waals surface area contributed by atoms with Gasteiger partial charge in [0.05, 0.1) is 5.52 Å². The van der Waals surface area contributed by atoms with Crippen LogP contribution in [0.4, 0.5) is 5.82 Å². The molecule has 0 amide bonds. The molecule has 0 N–H and O–H groups in total. The quantitative estimate of drug-likeness (QED) is 0.796. The van der Waals surface area contributed by atoms with Crippen LogP contribution in [0.3, 0.4) is 0 Å². The number of benzene rings is 1. The highest BCUT2D eigenvalue weighted by Gasteiger charge is 2.23. The van der Waals surface area contributed by atoms with E-state index >= 15 is 0 Å². The summed E-state index contributed by atoms with van der Waals surface area (Å²) < 4.78 is 0. The number of rotatable bonds is 2. The molecule has 20 heavy (non-hydrogen) atoms. The van der Waals surface area contributed by atoms with Crippen molar-refractivity contribution in [2.45, 2.75) is 18.9 Å². The van der Waals surface area contributed by atoms with Crippen LogP contribution >= 0.6 is 11.6 Å². The molecule has 2 heterocycles. The van der Waals surface area contributed by atoms with Crippen molar-refractivity contribution in [2.75, 3.05) is 32.1 Å². The summed E-state index contributed by atoms with van der Waals surface area (Å²) in [6.45, 7) is 2.24. The molecule has 2 aromatic rings. The fraction of sp³-hybridized carbons (Fsp3) is 0.467. The Kier molecular flexibility index (Phi) is 3.76. The van der Waals surface area contributed by atoms with Crippen LogP contribution in [0, 0.1) is 0 Å². The van der Waals surface area contributed by atoms with E-state index in [1.807, 2.05) is 18.2 Å². The molecule has 3 rings (SSSR count). The van der Waals surface area contributed by atoms with Gasteiger partial charge in [0.15, 0.2) is 0 Å². The van der Waals surface area contributed by atoms with Crippen LogP contribution in [-0.4, -0.2) is 48.1 Å². The van der Waals surface area contributed by atoms with Crippen molar-refractivity contribution in [1.82, 2.24) is 14.9 Å². The Hall–Kier alpha value is -1.39. The minimum atomic E-state index is 0.315. The van der Waals surface area contributed by atoms with Crippen LogP contribution in [0.2, 0.25) is 5.28 Å². The Morgan fingerprint density at radius 3 is 2.90 bits per heavy atom. The number of hydrogen-bond donors (Lipinski definition) is 0. The maximum absolute atomic E-state index is 6.08. The van der Waals surface area contributed by atoms with Gasteiger partial charge in [0.25, 0.3) is 0 Å². The van der Waals surface area contributed by atoms with Crippen LogP contribution in [0.25, 0.3) is 10.9 Å². The Morgan fingerprint density at radius 1 is 1.30 bits per heavy atom. The topological polar surface area (TPSA) is 32.3 Å². The molecule has 1 aromatic carbocycles. The van der Waals surface area contributed by atoms with Crippen molar-refractivity contribution in [3.8, 4) is 0 Å². The van der Waals surface area contributed by atoms with Gasteiger partial charge in [0.2, 0.25) is 5.28 Å². The van der Waals surface area contributed by atoms with Crippen LogP contribution in [0.1, 0.15) is 12.8 Å². The van der Waals surface area contributed by atoms with E-state index in [0.717, 1.165) is 23.3 Å². The van der Waals surface area contributed by atoms with Crippen molar-refractivity contribution < 1.29 is 0 Å². The maximum atomic E-state index is 6.08. The predicted molar refractivity (Wildman–Crippen MR) is 83.5 cm³/mol. The zero-order valence-corrected chi connectivity index (χ0v) is 12.6. The Balaban J connectivity index is 2.00. The van der Waals surface area contributed by atoms with E-state index in [4.69, 9.17) is 11.6 Å². The molecular formula is C15H19ClN4. The van der Waals surface area contributed by atoms with Gasteiger partial charge in [-0.25, -0.2) is 4.98 Å². The van der Waals surface area contributed by atoms with Crippen LogP contribution in [-0.2, 0) is 0 Å². The number of likely N-dealkylation sites (tertiary alicyclic amines) is 1. The normalized spacial score (nSPS) is 20.2. The molecule has 1 saturated heterocycles. The zero-order valence-electron chi connectivity index (χ0n) is 11.9. The highest BCUT2D eigenvalue weighted by Crippen LogP contribution is 2.27. The largest absolute Gasteiger partial charge is 0.355 e. The van der Waals surface area contributed by atoms with Crippen molar-refractivity contribution in [2.24, 2.45) is 0 Å².